The van der Waals surface area contributed by atoms with Crippen LogP contribution in [0.25, 0.3) is 0 Å². The molecule has 0 aliphatic heterocycles. The Kier molecular flexibility index (Phi) is 68.1. The van der Waals surface area contributed by atoms with E-state index in [9.17, 15) is 43.2 Å². The summed E-state index contributed by atoms with van der Waals surface area (Å²) in [4.78, 5) is 72.8. The number of esters is 4. The molecule has 0 saturated carbocycles. The molecule has 19 heteroatoms. The van der Waals surface area contributed by atoms with Gasteiger partial charge in [-0.25, -0.2) is 9.13 Å². The normalized spacial score (nSPS) is 14.3. The van der Waals surface area contributed by atoms with E-state index in [1.54, 1.807) is 0 Å². The van der Waals surface area contributed by atoms with Crippen molar-refractivity contribution in [3.63, 3.8) is 0 Å². The minimum absolute atomic E-state index is 0.102. The summed E-state index contributed by atoms with van der Waals surface area (Å²) in [6, 6.07) is 0. The second-order valence-corrected chi connectivity index (χ2v) is 32.6. The predicted molar refractivity (Wildman–Crippen MR) is 400 cm³/mol. The van der Waals surface area contributed by atoms with Gasteiger partial charge in [0.15, 0.2) is 12.2 Å². The van der Waals surface area contributed by atoms with E-state index in [2.05, 4.69) is 48.5 Å². The van der Waals surface area contributed by atoms with Gasteiger partial charge >= 0.3 is 39.5 Å². The van der Waals surface area contributed by atoms with E-state index in [1.165, 1.54) is 218 Å². The smallest absolute Gasteiger partial charge is 0.462 e. The van der Waals surface area contributed by atoms with Crippen LogP contribution in [0.5, 0.6) is 0 Å². The van der Waals surface area contributed by atoms with Crippen molar-refractivity contribution in [3.05, 3.63) is 0 Å². The van der Waals surface area contributed by atoms with Crippen molar-refractivity contribution in [1.82, 2.24) is 0 Å². The minimum Gasteiger partial charge on any atom is -0.462 e. The highest BCUT2D eigenvalue weighted by Gasteiger charge is 2.30. The van der Waals surface area contributed by atoms with Gasteiger partial charge in [-0.2, -0.15) is 0 Å². The SMILES string of the molecule is CCCCCCCCCCCC(=O)OC[C@H](COP(=O)(O)OC[C@H](O)COP(=O)(O)OC[C@@H](COC(=O)CCCCCCCCCCCCCCCCCC(C)C)OC(=O)CCCCCCCCCCCCCCCCCCCCC(C)CC)OC(=O)CCCCCCCCC(C)C. The number of carbonyl (C=O) groups excluding carboxylic acids is 4. The predicted octanol–water partition coefficient (Wildman–Crippen LogP) is 23.4. The molecule has 17 nitrogen and oxygen atoms in total. The second-order valence-electron chi connectivity index (χ2n) is 29.6. The van der Waals surface area contributed by atoms with Gasteiger partial charge in [0.05, 0.1) is 26.4 Å². The lowest BCUT2D eigenvalue weighted by molar-refractivity contribution is -0.161. The largest absolute Gasteiger partial charge is 0.472 e. The van der Waals surface area contributed by atoms with E-state index >= 15 is 0 Å². The van der Waals surface area contributed by atoms with Gasteiger partial charge < -0.3 is 33.8 Å². The molecule has 6 atom stereocenters. The van der Waals surface area contributed by atoms with Gasteiger partial charge in [0.1, 0.15) is 19.3 Å². The van der Waals surface area contributed by atoms with Gasteiger partial charge in [0.25, 0.3) is 0 Å². The molecule has 0 aromatic heterocycles. The van der Waals surface area contributed by atoms with Gasteiger partial charge in [-0.3, -0.25) is 37.3 Å². The molecule has 3 N–H and O–H groups in total. The van der Waals surface area contributed by atoms with Crippen molar-refractivity contribution in [3.8, 4) is 0 Å². The lowest BCUT2D eigenvalue weighted by Gasteiger charge is -2.21. The molecule has 0 saturated heterocycles. The van der Waals surface area contributed by atoms with E-state index in [4.69, 9.17) is 37.0 Å². The van der Waals surface area contributed by atoms with Crippen LogP contribution in [0.3, 0.4) is 0 Å². The number of phosphoric acid groups is 2. The molecule has 0 heterocycles. The number of aliphatic hydroxyl groups is 1. The quantitative estimate of drug-likeness (QED) is 0.0222. The Morgan fingerprint density at radius 3 is 0.776 bits per heavy atom. The first kappa shape index (κ1) is 96.1. The highest BCUT2D eigenvalue weighted by molar-refractivity contribution is 7.47. The monoisotopic (exact) mass is 1440 g/mol. The first-order chi connectivity index (χ1) is 47.3. The Hall–Kier alpha value is -1.94. The molecule has 0 aromatic rings. The summed E-state index contributed by atoms with van der Waals surface area (Å²) in [5, 5.41) is 10.6. The minimum atomic E-state index is -4.96. The van der Waals surface area contributed by atoms with Crippen LogP contribution in [0, 0.1) is 17.8 Å². The lowest BCUT2D eigenvalue weighted by Crippen LogP contribution is -2.30. The zero-order valence-electron chi connectivity index (χ0n) is 64.3. The fraction of sp³-hybridized carbons (Fsp3) is 0.949. The number of aliphatic hydroxyl groups excluding tert-OH is 1. The maximum atomic E-state index is 13.1. The fourth-order valence-electron chi connectivity index (χ4n) is 12.1. The summed E-state index contributed by atoms with van der Waals surface area (Å²) in [6.07, 6.45) is 57.2. The van der Waals surface area contributed by atoms with Crippen LogP contribution in [0.1, 0.15) is 408 Å². The number of phosphoric ester groups is 2. The van der Waals surface area contributed by atoms with Crippen LogP contribution >= 0.6 is 15.6 Å². The summed E-state index contributed by atoms with van der Waals surface area (Å²) < 4.78 is 68.5. The first-order valence-electron chi connectivity index (χ1n) is 40.9. The topological polar surface area (TPSA) is 237 Å². The Bertz CT molecular complexity index is 1910. The molecule has 0 aliphatic carbocycles. The van der Waals surface area contributed by atoms with Gasteiger partial charge in [-0.1, -0.05) is 357 Å². The number of ether oxygens (including phenoxy) is 4. The number of unbranched alkanes of at least 4 members (excludes halogenated alkanes) is 44. The molecule has 3 unspecified atom stereocenters. The van der Waals surface area contributed by atoms with Gasteiger partial charge in [-0.05, 0) is 43.4 Å². The Balaban J connectivity index is 5.16. The van der Waals surface area contributed by atoms with E-state index in [0.29, 0.717) is 31.6 Å². The van der Waals surface area contributed by atoms with Crippen molar-refractivity contribution in [2.45, 2.75) is 426 Å². The highest BCUT2D eigenvalue weighted by Crippen LogP contribution is 2.45. The zero-order chi connectivity index (χ0) is 72.3. The van der Waals surface area contributed by atoms with Crippen molar-refractivity contribution in [1.29, 1.82) is 0 Å². The number of hydrogen-bond donors (Lipinski definition) is 3. The third-order valence-corrected chi connectivity index (χ3v) is 20.6. The molecule has 0 amide bonds. The van der Waals surface area contributed by atoms with E-state index in [0.717, 1.165) is 102 Å². The van der Waals surface area contributed by atoms with Gasteiger partial charge in [0, 0.05) is 25.7 Å². The Morgan fingerprint density at radius 2 is 0.520 bits per heavy atom. The lowest BCUT2D eigenvalue weighted by atomic mass is 9.99. The Morgan fingerprint density at radius 1 is 0.296 bits per heavy atom. The first-order valence-corrected chi connectivity index (χ1v) is 43.9. The summed E-state index contributed by atoms with van der Waals surface area (Å²) in [7, 11) is -9.91. The summed E-state index contributed by atoms with van der Waals surface area (Å²) in [5.41, 5.74) is 0. The molecule has 582 valence electrons. The molecule has 0 fully saturated rings. The van der Waals surface area contributed by atoms with Crippen LogP contribution < -0.4 is 0 Å². The molecule has 98 heavy (non-hydrogen) atoms. The van der Waals surface area contributed by atoms with Crippen molar-refractivity contribution >= 4 is 39.5 Å². The van der Waals surface area contributed by atoms with Crippen LogP contribution in [0.4, 0.5) is 0 Å². The fourth-order valence-corrected chi connectivity index (χ4v) is 13.7. The summed E-state index contributed by atoms with van der Waals surface area (Å²) in [5.74, 6) is 0.226. The summed E-state index contributed by atoms with van der Waals surface area (Å²) in [6.45, 7) is 11.9. The molecular formula is C79H154O17P2. The summed E-state index contributed by atoms with van der Waals surface area (Å²) >= 11 is 0. The van der Waals surface area contributed by atoms with Crippen LogP contribution in [0.2, 0.25) is 0 Å². The zero-order valence-corrected chi connectivity index (χ0v) is 66.0. The number of hydrogen-bond acceptors (Lipinski definition) is 15. The third-order valence-electron chi connectivity index (χ3n) is 18.7. The van der Waals surface area contributed by atoms with E-state index < -0.39 is 97.5 Å². The molecule has 0 spiro atoms. The van der Waals surface area contributed by atoms with Gasteiger partial charge in [0.2, 0.25) is 0 Å². The number of carbonyl (C=O) groups is 4. The van der Waals surface area contributed by atoms with Crippen LogP contribution in [-0.4, -0.2) is 96.7 Å². The average molecular weight is 1440 g/mol. The molecule has 0 radical (unpaired) electrons. The van der Waals surface area contributed by atoms with Crippen molar-refractivity contribution < 1.29 is 80.2 Å². The maximum absolute atomic E-state index is 13.1. The standard InChI is InChI=1S/C79H154O17P2/c1-8-10-11-12-13-31-38-46-53-60-76(81)89-67-75(96-79(84)63-56-49-42-41-44-51-58-71(5)6)69-94-98(87,88)92-65-73(80)64-91-97(85,86)93-68-74(66-90-77(82)61-54-47-39-34-29-25-22-18-19-23-27-32-36-43-50-57-70(3)4)95-78(83)62-55-48-40-35-30-26-21-17-15-14-16-20-24-28-33-37-45-52-59-72(7)9-2/h70-75,80H,8-69H2,1-7H3,(H,85,86)(H,87,88)/t72?,73-,74-,75-/m1/s1. The number of rotatable bonds is 77. The molecule has 0 aromatic carbocycles. The molecule has 0 aliphatic rings. The molecule has 0 rings (SSSR count). The van der Waals surface area contributed by atoms with E-state index in [1.807, 2.05) is 0 Å². The second kappa shape index (κ2) is 69.4. The van der Waals surface area contributed by atoms with E-state index in [-0.39, 0.29) is 25.7 Å². The average Bonchev–Trinajstić information content (AvgIpc) is 1.04. The molecular weight excluding hydrogens is 1280 g/mol. The van der Waals surface area contributed by atoms with Crippen molar-refractivity contribution in [2.24, 2.45) is 17.8 Å². The van der Waals surface area contributed by atoms with Crippen LogP contribution in [-0.2, 0) is 65.4 Å². The highest BCUT2D eigenvalue weighted by atomic mass is 31.2. The van der Waals surface area contributed by atoms with Crippen molar-refractivity contribution in [2.75, 3.05) is 39.6 Å². The van der Waals surface area contributed by atoms with Gasteiger partial charge in [-0.15, -0.1) is 0 Å². The van der Waals surface area contributed by atoms with Crippen LogP contribution in [0.15, 0.2) is 0 Å². The maximum Gasteiger partial charge on any atom is 0.472 e. The third kappa shape index (κ3) is 71.1. The molecule has 0 bridgehead atoms. The Labute approximate surface area is 600 Å².